The third kappa shape index (κ3) is 4.05. The van der Waals surface area contributed by atoms with Gasteiger partial charge in [-0.1, -0.05) is 18.2 Å². The number of carbonyl (C=O) groups is 1. The third-order valence-corrected chi connectivity index (χ3v) is 3.79. The summed E-state index contributed by atoms with van der Waals surface area (Å²) in [7, 11) is 1.78. The highest BCUT2D eigenvalue weighted by molar-refractivity contribution is 5.90. The van der Waals surface area contributed by atoms with Crippen molar-refractivity contribution in [3.8, 4) is 6.07 Å². The predicted octanol–water partition coefficient (Wildman–Crippen LogP) is 3.34. The summed E-state index contributed by atoms with van der Waals surface area (Å²) in [5.74, 6) is -0.351. The SMILES string of the molecule is Cn1cc(C(NC(=O)Nc2cccc(C#N)c2)c2ccc(F)cc2)cn1. The maximum absolute atomic E-state index is 13.2. The molecular weight excluding hydrogens is 333 g/mol. The molecule has 0 aliphatic heterocycles. The van der Waals surface area contributed by atoms with Crippen LogP contribution in [0.3, 0.4) is 0 Å². The summed E-state index contributed by atoms with van der Waals surface area (Å²) in [6, 6.07) is 13.6. The average molecular weight is 349 g/mol. The molecule has 2 aromatic carbocycles. The minimum Gasteiger partial charge on any atom is -0.327 e. The van der Waals surface area contributed by atoms with Crippen molar-refractivity contribution in [1.29, 1.82) is 5.26 Å². The van der Waals surface area contributed by atoms with Crippen molar-refractivity contribution >= 4 is 11.7 Å². The number of anilines is 1. The second kappa shape index (κ2) is 7.49. The summed E-state index contributed by atoms with van der Waals surface area (Å²) >= 11 is 0. The van der Waals surface area contributed by atoms with E-state index in [1.807, 2.05) is 6.07 Å². The first-order valence-corrected chi connectivity index (χ1v) is 7.87. The van der Waals surface area contributed by atoms with Gasteiger partial charge in [0.25, 0.3) is 0 Å². The lowest BCUT2D eigenvalue weighted by Crippen LogP contribution is -2.33. The topological polar surface area (TPSA) is 82.7 Å². The molecule has 3 aromatic rings. The Labute approximate surface area is 149 Å². The number of hydrogen-bond donors (Lipinski definition) is 2. The zero-order chi connectivity index (χ0) is 18.5. The Morgan fingerprint density at radius 2 is 2.00 bits per heavy atom. The molecule has 0 spiro atoms. The van der Waals surface area contributed by atoms with E-state index in [4.69, 9.17) is 5.26 Å². The summed E-state index contributed by atoms with van der Waals surface area (Å²) in [4.78, 5) is 12.4. The van der Waals surface area contributed by atoms with Crippen molar-refractivity contribution in [1.82, 2.24) is 15.1 Å². The van der Waals surface area contributed by atoms with Gasteiger partial charge < -0.3 is 10.6 Å². The first-order valence-electron chi connectivity index (χ1n) is 7.87. The molecule has 0 bridgehead atoms. The number of hydrogen-bond acceptors (Lipinski definition) is 3. The van der Waals surface area contributed by atoms with Gasteiger partial charge in [-0.3, -0.25) is 4.68 Å². The van der Waals surface area contributed by atoms with Crippen LogP contribution in [0.4, 0.5) is 14.9 Å². The molecule has 2 N–H and O–H groups in total. The standard InChI is InChI=1S/C19H16FN5O/c1-25-12-15(11-22-25)18(14-5-7-16(20)8-6-14)24-19(26)23-17-4-2-3-13(9-17)10-21/h2-9,11-12,18H,1H3,(H2,23,24,26). The fourth-order valence-electron chi connectivity index (χ4n) is 2.57. The van der Waals surface area contributed by atoms with Crippen LogP contribution < -0.4 is 10.6 Å². The lowest BCUT2D eigenvalue weighted by atomic mass is 10.0. The molecule has 0 saturated heterocycles. The monoisotopic (exact) mass is 349 g/mol. The van der Waals surface area contributed by atoms with Crippen LogP contribution in [0.25, 0.3) is 0 Å². The number of nitriles is 1. The molecule has 0 aliphatic carbocycles. The number of halogens is 1. The van der Waals surface area contributed by atoms with E-state index in [1.165, 1.54) is 12.1 Å². The predicted molar refractivity (Wildman–Crippen MR) is 94.8 cm³/mol. The van der Waals surface area contributed by atoms with Crippen molar-refractivity contribution in [2.45, 2.75) is 6.04 Å². The van der Waals surface area contributed by atoms with Gasteiger partial charge in [-0.15, -0.1) is 0 Å². The van der Waals surface area contributed by atoms with Gasteiger partial charge in [0.2, 0.25) is 0 Å². The van der Waals surface area contributed by atoms with Crippen LogP contribution in [-0.4, -0.2) is 15.8 Å². The second-order valence-electron chi connectivity index (χ2n) is 5.72. The quantitative estimate of drug-likeness (QED) is 0.758. The maximum atomic E-state index is 13.2. The number of nitrogens with zero attached hydrogens (tertiary/aromatic N) is 3. The van der Waals surface area contributed by atoms with E-state index in [9.17, 15) is 9.18 Å². The molecule has 1 unspecified atom stereocenters. The summed E-state index contributed by atoms with van der Waals surface area (Å²) in [5.41, 5.74) is 2.44. The number of carbonyl (C=O) groups excluding carboxylic acids is 1. The van der Waals surface area contributed by atoms with Crippen LogP contribution in [0.5, 0.6) is 0 Å². The zero-order valence-corrected chi connectivity index (χ0v) is 14.0. The second-order valence-corrected chi connectivity index (χ2v) is 5.72. The number of amides is 2. The normalized spacial score (nSPS) is 11.4. The number of rotatable bonds is 4. The van der Waals surface area contributed by atoms with E-state index in [-0.39, 0.29) is 5.82 Å². The van der Waals surface area contributed by atoms with Gasteiger partial charge in [-0.25, -0.2) is 9.18 Å². The summed E-state index contributed by atoms with van der Waals surface area (Å²) in [5, 5.41) is 18.6. The first kappa shape index (κ1) is 17.2. The molecule has 3 rings (SSSR count). The highest BCUT2D eigenvalue weighted by Gasteiger charge is 2.18. The fourth-order valence-corrected chi connectivity index (χ4v) is 2.57. The van der Waals surface area contributed by atoms with Crippen LogP contribution in [0, 0.1) is 17.1 Å². The molecule has 2 amide bonds. The van der Waals surface area contributed by atoms with Gasteiger partial charge in [0.15, 0.2) is 0 Å². The van der Waals surface area contributed by atoms with Crippen LogP contribution >= 0.6 is 0 Å². The number of urea groups is 1. The van der Waals surface area contributed by atoms with Crippen LogP contribution in [0.15, 0.2) is 60.9 Å². The molecule has 7 heteroatoms. The lowest BCUT2D eigenvalue weighted by molar-refractivity contribution is 0.250. The minimum absolute atomic E-state index is 0.351. The average Bonchev–Trinajstić information content (AvgIpc) is 3.07. The molecule has 130 valence electrons. The van der Waals surface area contributed by atoms with E-state index in [0.29, 0.717) is 11.3 Å². The minimum atomic E-state index is -0.497. The van der Waals surface area contributed by atoms with E-state index in [0.717, 1.165) is 11.1 Å². The lowest BCUT2D eigenvalue weighted by Gasteiger charge is -2.18. The van der Waals surface area contributed by atoms with Gasteiger partial charge in [0.05, 0.1) is 23.9 Å². The Hall–Kier alpha value is -3.66. The molecule has 0 saturated carbocycles. The molecule has 1 heterocycles. The summed E-state index contributed by atoms with van der Waals surface area (Å²) in [6.07, 6.45) is 3.43. The number of aromatic nitrogens is 2. The Balaban J connectivity index is 1.82. The van der Waals surface area contributed by atoms with Crippen molar-refractivity contribution in [2.75, 3.05) is 5.32 Å². The zero-order valence-electron chi connectivity index (χ0n) is 14.0. The van der Waals surface area contributed by atoms with Gasteiger partial charge in [-0.2, -0.15) is 10.4 Å². The Morgan fingerprint density at radius 1 is 1.23 bits per heavy atom. The largest absolute Gasteiger partial charge is 0.327 e. The van der Waals surface area contributed by atoms with Crippen LogP contribution in [0.2, 0.25) is 0 Å². The molecule has 0 radical (unpaired) electrons. The van der Waals surface area contributed by atoms with Crippen LogP contribution in [-0.2, 0) is 7.05 Å². The molecule has 6 nitrogen and oxygen atoms in total. The highest BCUT2D eigenvalue weighted by atomic mass is 19.1. The van der Waals surface area contributed by atoms with Crippen molar-refractivity contribution < 1.29 is 9.18 Å². The number of nitrogens with one attached hydrogen (secondary N) is 2. The molecular formula is C19H16FN5O. The van der Waals surface area contributed by atoms with Crippen molar-refractivity contribution in [3.05, 3.63) is 83.4 Å². The van der Waals surface area contributed by atoms with Gasteiger partial charge in [-0.05, 0) is 35.9 Å². The van der Waals surface area contributed by atoms with Gasteiger partial charge in [0, 0.05) is 24.5 Å². The molecule has 26 heavy (non-hydrogen) atoms. The Kier molecular flexibility index (Phi) is 4.94. The molecule has 0 fully saturated rings. The van der Waals surface area contributed by atoms with E-state index in [1.54, 1.807) is 60.5 Å². The van der Waals surface area contributed by atoms with Gasteiger partial charge in [0.1, 0.15) is 5.82 Å². The summed E-state index contributed by atoms with van der Waals surface area (Å²) < 4.78 is 14.9. The van der Waals surface area contributed by atoms with E-state index >= 15 is 0 Å². The first-order chi connectivity index (χ1) is 12.5. The number of benzene rings is 2. The number of aryl methyl sites for hydroxylation is 1. The highest BCUT2D eigenvalue weighted by Crippen LogP contribution is 2.22. The fraction of sp³-hybridized carbons (Fsp3) is 0.105. The summed E-state index contributed by atoms with van der Waals surface area (Å²) in [6.45, 7) is 0. The molecule has 1 aromatic heterocycles. The van der Waals surface area contributed by atoms with Crippen LogP contribution in [0.1, 0.15) is 22.7 Å². The van der Waals surface area contributed by atoms with Gasteiger partial charge >= 0.3 is 6.03 Å². The van der Waals surface area contributed by atoms with E-state index in [2.05, 4.69) is 15.7 Å². The van der Waals surface area contributed by atoms with Crippen molar-refractivity contribution in [3.63, 3.8) is 0 Å². The molecule has 0 aliphatic rings. The van der Waals surface area contributed by atoms with Crippen molar-refractivity contribution in [2.24, 2.45) is 7.05 Å². The third-order valence-electron chi connectivity index (χ3n) is 3.79. The molecule has 1 atom stereocenters. The Morgan fingerprint density at radius 3 is 2.65 bits per heavy atom. The Bertz CT molecular complexity index is 959. The smallest absolute Gasteiger partial charge is 0.319 e. The van der Waals surface area contributed by atoms with E-state index < -0.39 is 12.1 Å². The maximum Gasteiger partial charge on any atom is 0.319 e.